The second-order valence-corrected chi connectivity index (χ2v) is 4.52. The molecule has 1 aromatic carbocycles. The van der Waals surface area contributed by atoms with Crippen molar-refractivity contribution in [3.05, 3.63) is 52.1 Å². The molecule has 0 amide bonds. The van der Waals surface area contributed by atoms with Gasteiger partial charge in [0.25, 0.3) is 0 Å². The Morgan fingerprint density at radius 3 is 2.84 bits per heavy atom. The van der Waals surface area contributed by atoms with E-state index < -0.39 is 6.04 Å². The summed E-state index contributed by atoms with van der Waals surface area (Å²) in [6.07, 6.45) is 1.35. The van der Waals surface area contributed by atoms with Crippen molar-refractivity contribution in [1.29, 1.82) is 0 Å². The van der Waals surface area contributed by atoms with Crippen LogP contribution >= 0.6 is 23.2 Å². The highest BCUT2D eigenvalue weighted by Gasteiger charge is 2.14. The summed E-state index contributed by atoms with van der Waals surface area (Å²) in [6.45, 7) is -0.249. The fourth-order valence-corrected chi connectivity index (χ4v) is 1.85. The molecule has 1 atom stereocenters. The summed E-state index contributed by atoms with van der Waals surface area (Å²) in [6, 6.07) is 5.35. The smallest absolute Gasteiger partial charge is 0.224 e. The first-order chi connectivity index (χ1) is 9.10. The Morgan fingerprint density at radius 1 is 1.37 bits per heavy atom. The van der Waals surface area contributed by atoms with Gasteiger partial charge in [0.05, 0.1) is 18.8 Å². The number of hydrogen-bond acceptors (Lipinski definition) is 4. The molecule has 1 aromatic heterocycles. The molecule has 0 saturated carbocycles. The third-order valence-electron chi connectivity index (χ3n) is 2.46. The number of benzene rings is 1. The number of aromatic nitrogens is 2. The Hall–Kier alpha value is -1.43. The Morgan fingerprint density at radius 2 is 2.16 bits per heavy atom. The molecule has 0 radical (unpaired) electrons. The number of nitrogens with one attached hydrogen (secondary N) is 1. The summed E-state index contributed by atoms with van der Waals surface area (Å²) < 4.78 is 13.2. The molecular formula is C12H10Cl2FN3O. The van der Waals surface area contributed by atoms with Crippen LogP contribution in [0.4, 0.5) is 10.2 Å². The molecule has 2 rings (SSSR count). The van der Waals surface area contributed by atoms with E-state index in [0.717, 1.165) is 0 Å². The lowest BCUT2D eigenvalue weighted by Crippen LogP contribution is -2.16. The molecule has 1 heterocycles. The predicted molar refractivity (Wildman–Crippen MR) is 71.9 cm³/mol. The Balaban J connectivity index is 2.26. The fraction of sp³-hybridized carbons (Fsp3) is 0.167. The van der Waals surface area contributed by atoms with Crippen LogP contribution in [0.2, 0.25) is 10.3 Å². The van der Waals surface area contributed by atoms with E-state index in [2.05, 4.69) is 15.3 Å². The van der Waals surface area contributed by atoms with Gasteiger partial charge in [-0.1, -0.05) is 23.7 Å². The van der Waals surface area contributed by atoms with Gasteiger partial charge in [0.1, 0.15) is 16.7 Å². The van der Waals surface area contributed by atoms with E-state index in [1.165, 1.54) is 18.3 Å². The minimum atomic E-state index is -0.542. The van der Waals surface area contributed by atoms with Gasteiger partial charge < -0.3 is 10.4 Å². The Bertz CT molecular complexity index is 583. The quantitative estimate of drug-likeness (QED) is 0.852. The van der Waals surface area contributed by atoms with Crippen LogP contribution in [0.5, 0.6) is 0 Å². The number of aliphatic hydroxyl groups excluding tert-OH is 1. The van der Waals surface area contributed by atoms with Crippen molar-refractivity contribution in [2.75, 3.05) is 11.9 Å². The summed E-state index contributed by atoms with van der Waals surface area (Å²) in [5, 5.41) is 12.6. The van der Waals surface area contributed by atoms with Crippen molar-refractivity contribution in [2.45, 2.75) is 6.04 Å². The van der Waals surface area contributed by atoms with Crippen molar-refractivity contribution in [3.63, 3.8) is 0 Å². The molecule has 0 saturated heterocycles. The van der Waals surface area contributed by atoms with Gasteiger partial charge in [-0.25, -0.2) is 9.37 Å². The molecule has 0 fully saturated rings. The Labute approximate surface area is 119 Å². The van der Waals surface area contributed by atoms with Crippen LogP contribution in [0.15, 0.2) is 30.5 Å². The van der Waals surface area contributed by atoms with Crippen LogP contribution in [0.1, 0.15) is 11.6 Å². The largest absolute Gasteiger partial charge is 0.394 e. The molecule has 0 unspecified atom stereocenters. The lowest BCUT2D eigenvalue weighted by Gasteiger charge is -2.18. The maximum Gasteiger partial charge on any atom is 0.224 e. The van der Waals surface area contributed by atoms with Gasteiger partial charge in [-0.05, 0) is 29.3 Å². The van der Waals surface area contributed by atoms with E-state index in [4.69, 9.17) is 23.2 Å². The van der Waals surface area contributed by atoms with Crippen molar-refractivity contribution >= 4 is 29.0 Å². The molecule has 0 aliphatic heterocycles. The van der Waals surface area contributed by atoms with E-state index in [9.17, 15) is 9.50 Å². The van der Waals surface area contributed by atoms with Crippen LogP contribution in [0, 0.1) is 5.82 Å². The zero-order chi connectivity index (χ0) is 13.8. The summed E-state index contributed by atoms with van der Waals surface area (Å²) in [7, 11) is 0. The molecule has 0 spiro atoms. The molecule has 2 aromatic rings. The van der Waals surface area contributed by atoms with Crippen LogP contribution in [0.3, 0.4) is 0 Å². The van der Waals surface area contributed by atoms with Gasteiger partial charge in [-0.15, -0.1) is 0 Å². The molecule has 100 valence electrons. The zero-order valence-electron chi connectivity index (χ0n) is 9.65. The van der Waals surface area contributed by atoms with E-state index in [-0.39, 0.29) is 28.5 Å². The average Bonchev–Trinajstić information content (AvgIpc) is 2.39. The molecule has 2 N–H and O–H groups in total. The number of halogens is 3. The van der Waals surface area contributed by atoms with Gasteiger partial charge in [0.2, 0.25) is 5.28 Å². The number of nitrogens with zero attached hydrogens (tertiary/aromatic N) is 2. The molecular weight excluding hydrogens is 292 g/mol. The van der Waals surface area contributed by atoms with Gasteiger partial charge in [0, 0.05) is 0 Å². The molecule has 0 aliphatic carbocycles. The molecule has 0 bridgehead atoms. The van der Waals surface area contributed by atoms with E-state index in [1.807, 2.05) is 0 Å². The van der Waals surface area contributed by atoms with Crippen molar-refractivity contribution in [2.24, 2.45) is 0 Å². The van der Waals surface area contributed by atoms with Crippen LogP contribution in [-0.2, 0) is 0 Å². The monoisotopic (exact) mass is 301 g/mol. The van der Waals surface area contributed by atoms with Crippen molar-refractivity contribution in [3.8, 4) is 0 Å². The first-order valence-electron chi connectivity index (χ1n) is 5.41. The molecule has 7 heteroatoms. The first-order valence-corrected chi connectivity index (χ1v) is 6.16. The second kappa shape index (κ2) is 6.14. The summed E-state index contributed by atoms with van der Waals surface area (Å²) in [5.74, 6) is -0.102. The highest BCUT2D eigenvalue weighted by atomic mass is 35.5. The number of hydrogen-bond donors (Lipinski definition) is 2. The summed E-state index contributed by atoms with van der Waals surface area (Å²) >= 11 is 11.6. The van der Waals surface area contributed by atoms with E-state index in [0.29, 0.717) is 5.56 Å². The van der Waals surface area contributed by atoms with Crippen LogP contribution in [-0.4, -0.2) is 21.7 Å². The lowest BCUT2D eigenvalue weighted by atomic mass is 10.1. The standard InChI is InChI=1S/C12H10Cl2FN3O/c13-9-5-16-12(14)18-11(9)17-10(6-19)7-2-1-3-8(15)4-7/h1-5,10,19H,6H2,(H,16,17,18)/t10-/m1/s1. The third kappa shape index (κ3) is 3.53. The molecule has 4 nitrogen and oxygen atoms in total. The minimum absolute atomic E-state index is 0.0304. The average molecular weight is 302 g/mol. The van der Waals surface area contributed by atoms with Crippen molar-refractivity contribution in [1.82, 2.24) is 9.97 Å². The van der Waals surface area contributed by atoms with Gasteiger partial charge in [-0.2, -0.15) is 4.98 Å². The van der Waals surface area contributed by atoms with E-state index in [1.54, 1.807) is 12.1 Å². The zero-order valence-corrected chi connectivity index (χ0v) is 11.2. The van der Waals surface area contributed by atoms with Crippen molar-refractivity contribution < 1.29 is 9.50 Å². The Kier molecular flexibility index (Phi) is 4.52. The topological polar surface area (TPSA) is 58.0 Å². The normalized spacial score (nSPS) is 12.2. The number of rotatable bonds is 4. The first kappa shape index (κ1) is 14.0. The highest BCUT2D eigenvalue weighted by molar-refractivity contribution is 6.33. The number of anilines is 1. The van der Waals surface area contributed by atoms with Crippen LogP contribution in [0.25, 0.3) is 0 Å². The number of aliphatic hydroxyl groups is 1. The molecule has 19 heavy (non-hydrogen) atoms. The fourth-order valence-electron chi connectivity index (χ4n) is 1.57. The second-order valence-electron chi connectivity index (χ2n) is 3.77. The van der Waals surface area contributed by atoms with Gasteiger partial charge >= 0.3 is 0 Å². The maximum absolute atomic E-state index is 13.2. The van der Waals surface area contributed by atoms with Gasteiger partial charge in [-0.3, -0.25) is 0 Å². The minimum Gasteiger partial charge on any atom is -0.394 e. The maximum atomic E-state index is 13.2. The SMILES string of the molecule is OC[C@@H](Nc1nc(Cl)ncc1Cl)c1cccc(F)c1. The highest BCUT2D eigenvalue weighted by Crippen LogP contribution is 2.25. The van der Waals surface area contributed by atoms with Crippen LogP contribution < -0.4 is 5.32 Å². The third-order valence-corrected chi connectivity index (χ3v) is 2.92. The predicted octanol–water partition coefficient (Wildman–Crippen LogP) is 3.07. The lowest BCUT2D eigenvalue weighted by molar-refractivity contribution is 0.276. The summed E-state index contributed by atoms with van der Waals surface area (Å²) in [5.41, 5.74) is 0.577. The molecule has 0 aliphatic rings. The van der Waals surface area contributed by atoms with E-state index >= 15 is 0 Å². The summed E-state index contributed by atoms with van der Waals surface area (Å²) in [4.78, 5) is 7.63. The van der Waals surface area contributed by atoms with Gasteiger partial charge in [0.15, 0.2) is 0 Å².